The van der Waals surface area contributed by atoms with Gasteiger partial charge in [-0.1, -0.05) is 56.3 Å². The van der Waals surface area contributed by atoms with Gasteiger partial charge in [0.2, 0.25) is 0 Å². The van der Waals surface area contributed by atoms with E-state index in [1.165, 1.54) is 25.1 Å². The van der Waals surface area contributed by atoms with E-state index in [0.717, 1.165) is 51.2 Å². The summed E-state index contributed by atoms with van der Waals surface area (Å²) in [6.45, 7) is 11.7. The molecule has 1 saturated carbocycles. The van der Waals surface area contributed by atoms with Crippen molar-refractivity contribution < 1.29 is 42.1 Å². The second-order valence-electron chi connectivity index (χ2n) is 11.6. The Hall–Kier alpha value is -2.39. The topological polar surface area (TPSA) is 82.1 Å². The molecule has 1 aliphatic rings. The molecule has 220 valence electrons. The standard InChI is InChI=1S/C30H43F3O6/c1-20-12-11-17-27(3,4)23(20)15-18-28(5,36)19-16-24(21(2)25(34)37-6)39-26(35)29(38-7,30(31,32)33)22-13-9-8-10-14-22/h8-10,13-14,21,23-24,36H,1,11-12,15-19H2,2-7H3/t21-,23?,24-,28-,29+/m1/s1. The minimum Gasteiger partial charge on any atom is -0.469 e. The van der Waals surface area contributed by atoms with Crippen LogP contribution in [0, 0.1) is 17.3 Å². The molecule has 0 aromatic heterocycles. The van der Waals surface area contributed by atoms with Gasteiger partial charge in [-0.3, -0.25) is 4.79 Å². The summed E-state index contributed by atoms with van der Waals surface area (Å²) in [5, 5.41) is 11.2. The number of hydrogen-bond donors (Lipinski definition) is 1. The van der Waals surface area contributed by atoms with E-state index < -0.39 is 46.9 Å². The van der Waals surface area contributed by atoms with Crippen LogP contribution < -0.4 is 0 Å². The predicted octanol–water partition coefficient (Wildman–Crippen LogP) is 6.51. The molecule has 0 aliphatic heterocycles. The normalized spacial score (nSPS) is 22.2. The third kappa shape index (κ3) is 7.63. The largest absolute Gasteiger partial charge is 0.469 e. The van der Waals surface area contributed by atoms with E-state index in [2.05, 4.69) is 20.4 Å². The Morgan fingerprint density at radius 1 is 1.15 bits per heavy atom. The van der Waals surface area contributed by atoms with Crippen molar-refractivity contribution in [1.29, 1.82) is 0 Å². The maximum absolute atomic E-state index is 14.4. The van der Waals surface area contributed by atoms with E-state index in [1.54, 1.807) is 6.92 Å². The first kappa shape index (κ1) is 32.8. The van der Waals surface area contributed by atoms with Gasteiger partial charge in [-0.15, -0.1) is 0 Å². The number of hydrogen-bond acceptors (Lipinski definition) is 6. The van der Waals surface area contributed by atoms with Gasteiger partial charge in [0.25, 0.3) is 5.60 Å². The maximum atomic E-state index is 14.4. The van der Waals surface area contributed by atoms with E-state index in [0.29, 0.717) is 12.8 Å². The van der Waals surface area contributed by atoms with E-state index in [1.807, 2.05) is 0 Å². The first-order valence-electron chi connectivity index (χ1n) is 13.4. The molecule has 9 heteroatoms. The molecule has 1 aromatic carbocycles. The van der Waals surface area contributed by atoms with Crippen LogP contribution in [0.1, 0.15) is 78.2 Å². The van der Waals surface area contributed by atoms with Gasteiger partial charge in [0.05, 0.1) is 18.6 Å². The summed E-state index contributed by atoms with van der Waals surface area (Å²) >= 11 is 0. The highest BCUT2D eigenvalue weighted by molar-refractivity contribution is 5.83. The first-order valence-corrected chi connectivity index (χ1v) is 13.4. The average Bonchev–Trinajstić information content (AvgIpc) is 2.85. The minimum atomic E-state index is -5.15. The Morgan fingerprint density at radius 3 is 2.28 bits per heavy atom. The third-order valence-corrected chi connectivity index (χ3v) is 8.26. The highest BCUT2D eigenvalue weighted by Crippen LogP contribution is 2.47. The van der Waals surface area contributed by atoms with Crippen molar-refractivity contribution in [2.45, 2.75) is 96.1 Å². The monoisotopic (exact) mass is 556 g/mol. The van der Waals surface area contributed by atoms with Gasteiger partial charge in [0.1, 0.15) is 6.10 Å². The van der Waals surface area contributed by atoms with Crippen LogP contribution in [0.25, 0.3) is 0 Å². The number of esters is 2. The van der Waals surface area contributed by atoms with Gasteiger partial charge in [-0.2, -0.15) is 13.2 Å². The zero-order chi connectivity index (χ0) is 29.6. The summed E-state index contributed by atoms with van der Waals surface area (Å²) in [5.74, 6) is -3.28. The lowest BCUT2D eigenvalue weighted by atomic mass is 9.64. The van der Waals surface area contributed by atoms with Crippen LogP contribution in [-0.2, 0) is 29.4 Å². The van der Waals surface area contributed by atoms with Crippen molar-refractivity contribution in [1.82, 2.24) is 0 Å². The lowest BCUT2D eigenvalue weighted by molar-refractivity contribution is -0.279. The molecule has 6 nitrogen and oxygen atoms in total. The number of benzene rings is 1. The van der Waals surface area contributed by atoms with Gasteiger partial charge >= 0.3 is 18.1 Å². The lowest BCUT2D eigenvalue weighted by Crippen LogP contribution is -2.53. The molecule has 0 amide bonds. The highest BCUT2D eigenvalue weighted by Gasteiger charge is 2.64. The zero-order valence-electron chi connectivity index (χ0n) is 23.9. The maximum Gasteiger partial charge on any atom is 0.432 e. The Labute approximate surface area is 229 Å². The summed E-state index contributed by atoms with van der Waals surface area (Å²) in [6.07, 6.45) is -2.20. The van der Waals surface area contributed by atoms with Crippen molar-refractivity contribution >= 4 is 11.9 Å². The van der Waals surface area contributed by atoms with E-state index in [-0.39, 0.29) is 24.2 Å². The molecule has 2 rings (SSSR count). The summed E-state index contributed by atoms with van der Waals surface area (Å²) in [6, 6.07) is 6.48. The number of methoxy groups -OCH3 is 2. The van der Waals surface area contributed by atoms with Crippen LogP contribution in [0.3, 0.4) is 0 Å². The molecule has 1 fully saturated rings. The van der Waals surface area contributed by atoms with Crippen LogP contribution in [0.15, 0.2) is 42.5 Å². The molecule has 0 bridgehead atoms. The molecule has 0 heterocycles. The van der Waals surface area contributed by atoms with Crippen LogP contribution >= 0.6 is 0 Å². The Bertz CT molecular complexity index is 988. The second-order valence-corrected chi connectivity index (χ2v) is 11.6. The number of alkyl halides is 3. The smallest absolute Gasteiger partial charge is 0.432 e. The molecule has 0 saturated heterocycles. The van der Waals surface area contributed by atoms with Gasteiger partial charge in [-0.05, 0) is 70.1 Å². The zero-order valence-corrected chi connectivity index (χ0v) is 23.9. The van der Waals surface area contributed by atoms with Gasteiger partial charge in [0, 0.05) is 12.7 Å². The van der Waals surface area contributed by atoms with Crippen molar-refractivity contribution in [2.75, 3.05) is 14.2 Å². The first-order chi connectivity index (χ1) is 18.0. The number of allylic oxidation sites excluding steroid dienone is 1. The SMILES string of the molecule is C=C1CCCC(C)(C)C1CC[C@@](C)(O)CC[C@@H](OC(=O)[C@@](OC)(c1ccccc1)C(F)(F)F)[C@@H](C)C(=O)OC. The molecule has 0 radical (unpaired) electrons. The number of carbonyl (C=O) groups is 2. The van der Waals surface area contributed by atoms with E-state index in [4.69, 9.17) is 14.2 Å². The van der Waals surface area contributed by atoms with Crippen molar-refractivity contribution in [3.63, 3.8) is 0 Å². The second kappa shape index (κ2) is 12.9. The van der Waals surface area contributed by atoms with Gasteiger partial charge in [0.15, 0.2) is 0 Å². The fraction of sp³-hybridized carbons (Fsp3) is 0.667. The number of aliphatic hydroxyl groups is 1. The molecule has 1 aromatic rings. The number of ether oxygens (including phenoxy) is 3. The molecule has 5 atom stereocenters. The van der Waals surface area contributed by atoms with Gasteiger partial charge in [-0.25, -0.2) is 4.79 Å². The number of halogens is 3. The fourth-order valence-corrected chi connectivity index (χ4v) is 5.66. The summed E-state index contributed by atoms with van der Waals surface area (Å²) < 4.78 is 58.1. The van der Waals surface area contributed by atoms with Gasteiger partial charge < -0.3 is 19.3 Å². The van der Waals surface area contributed by atoms with Crippen LogP contribution in [-0.4, -0.2) is 49.1 Å². The van der Waals surface area contributed by atoms with Crippen molar-refractivity contribution in [3.05, 3.63) is 48.0 Å². The Balaban J connectivity index is 2.26. The van der Waals surface area contributed by atoms with Crippen molar-refractivity contribution in [2.24, 2.45) is 17.3 Å². The molecule has 1 N–H and O–H groups in total. The summed E-state index contributed by atoms with van der Waals surface area (Å²) in [4.78, 5) is 25.6. The molecular formula is C30H43F3O6. The fourth-order valence-electron chi connectivity index (χ4n) is 5.66. The Morgan fingerprint density at radius 2 is 1.77 bits per heavy atom. The summed E-state index contributed by atoms with van der Waals surface area (Å²) in [7, 11) is 1.93. The lowest BCUT2D eigenvalue weighted by Gasteiger charge is -2.41. The van der Waals surface area contributed by atoms with Crippen LogP contribution in [0.2, 0.25) is 0 Å². The summed E-state index contributed by atoms with van der Waals surface area (Å²) in [5.41, 5.74) is -3.83. The molecule has 0 spiro atoms. The van der Waals surface area contributed by atoms with E-state index >= 15 is 0 Å². The molecule has 1 aliphatic carbocycles. The Kier molecular flexibility index (Phi) is 10.8. The minimum absolute atomic E-state index is 0.0569. The predicted molar refractivity (Wildman–Crippen MR) is 142 cm³/mol. The highest BCUT2D eigenvalue weighted by atomic mass is 19.4. The van der Waals surface area contributed by atoms with Crippen molar-refractivity contribution in [3.8, 4) is 0 Å². The molecular weight excluding hydrogens is 513 g/mol. The number of rotatable bonds is 12. The van der Waals surface area contributed by atoms with E-state index in [9.17, 15) is 27.9 Å². The third-order valence-electron chi connectivity index (χ3n) is 8.26. The molecule has 39 heavy (non-hydrogen) atoms. The molecule has 1 unspecified atom stereocenters. The number of carbonyl (C=O) groups excluding carboxylic acids is 2. The van der Waals surface area contributed by atoms with Crippen LogP contribution in [0.5, 0.6) is 0 Å². The average molecular weight is 557 g/mol. The quantitative estimate of drug-likeness (QED) is 0.234. The van der Waals surface area contributed by atoms with Crippen LogP contribution in [0.4, 0.5) is 13.2 Å².